The Labute approximate surface area is 167 Å². The molecule has 0 spiro atoms. The predicted molar refractivity (Wildman–Crippen MR) is 113 cm³/mol. The Hall–Kier alpha value is -1.23. The van der Waals surface area contributed by atoms with E-state index in [1.807, 2.05) is 18.2 Å². The van der Waals surface area contributed by atoms with Crippen LogP contribution in [0.4, 0.5) is 5.69 Å². The Morgan fingerprint density at radius 3 is 2.76 bits per heavy atom. The fourth-order valence-electron chi connectivity index (χ4n) is 2.73. The lowest BCUT2D eigenvalue weighted by atomic mass is 10.2. The predicted octanol–water partition coefficient (Wildman–Crippen LogP) is 1.10. The highest BCUT2D eigenvalue weighted by Crippen LogP contribution is 2.30. The molecule has 9 heteroatoms. The van der Waals surface area contributed by atoms with Crippen molar-refractivity contribution in [2.45, 2.75) is 12.5 Å². The summed E-state index contributed by atoms with van der Waals surface area (Å²) < 4.78 is 27.8. The van der Waals surface area contributed by atoms with Crippen molar-refractivity contribution in [1.82, 2.24) is 10.6 Å². The zero-order valence-corrected chi connectivity index (χ0v) is 18.0. The van der Waals surface area contributed by atoms with Crippen LogP contribution in [0.1, 0.15) is 6.42 Å². The first-order valence-electron chi connectivity index (χ1n) is 7.96. The van der Waals surface area contributed by atoms with Crippen molar-refractivity contribution in [3.63, 3.8) is 0 Å². The number of rotatable bonds is 6. The molecule has 1 aliphatic rings. The van der Waals surface area contributed by atoms with E-state index in [1.165, 1.54) is 6.26 Å². The molecule has 2 rings (SSSR count). The smallest absolute Gasteiger partial charge is 0.191 e. The number of guanidine groups is 1. The fourth-order valence-corrected chi connectivity index (χ4v) is 3.20. The van der Waals surface area contributed by atoms with Crippen LogP contribution in [0.15, 0.2) is 29.3 Å². The lowest BCUT2D eigenvalue weighted by molar-refractivity contribution is 0.415. The molecule has 1 aliphatic heterocycles. The van der Waals surface area contributed by atoms with Crippen molar-refractivity contribution in [2.75, 3.05) is 50.7 Å². The van der Waals surface area contributed by atoms with Crippen molar-refractivity contribution < 1.29 is 13.2 Å². The SMILES string of the molecule is CN=C(NCCS(C)(=O)=O)NC1CCN(c2ccccc2OC)C1.I. The number of anilines is 1. The monoisotopic (exact) mass is 482 g/mol. The fraction of sp³-hybridized carbons (Fsp3) is 0.562. The number of hydrogen-bond acceptors (Lipinski definition) is 5. The number of halogens is 1. The highest BCUT2D eigenvalue weighted by Gasteiger charge is 2.25. The van der Waals surface area contributed by atoms with E-state index < -0.39 is 9.84 Å². The number of nitrogens with zero attached hydrogens (tertiary/aromatic N) is 2. The molecule has 1 unspecified atom stereocenters. The minimum atomic E-state index is -2.98. The molecule has 1 atom stereocenters. The Bertz CT molecular complexity index is 682. The summed E-state index contributed by atoms with van der Waals surface area (Å²) in [6.07, 6.45) is 2.21. The maximum Gasteiger partial charge on any atom is 0.191 e. The number of methoxy groups -OCH3 is 1. The topological polar surface area (TPSA) is 83.0 Å². The zero-order valence-electron chi connectivity index (χ0n) is 14.9. The summed E-state index contributed by atoms with van der Waals surface area (Å²) in [5, 5.41) is 6.40. The molecule has 2 N–H and O–H groups in total. The van der Waals surface area contributed by atoms with E-state index in [4.69, 9.17) is 4.74 Å². The van der Waals surface area contributed by atoms with Crippen LogP contribution in [-0.2, 0) is 9.84 Å². The maximum atomic E-state index is 11.2. The summed E-state index contributed by atoms with van der Waals surface area (Å²) >= 11 is 0. The molecule has 0 saturated carbocycles. The third-order valence-corrected chi connectivity index (χ3v) is 4.89. The van der Waals surface area contributed by atoms with Gasteiger partial charge in [-0.15, -0.1) is 24.0 Å². The number of para-hydroxylation sites is 2. The summed E-state index contributed by atoms with van der Waals surface area (Å²) in [4.78, 5) is 6.44. The molecule has 0 radical (unpaired) electrons. The first-order valence-corrected chi connectivity index (χ1v) is 10.0. The van der Waals surface area contributed by atoms with Crippen LogP contribution in [0.3, 0.4) is 0 Å². The Balaban J connectivity index is 0.00000312. The molecule has 142 valence electrons. The summed E-state index contributed by atoms with van der Waals surface area (Å²) in [6, 6.07) is 8.23. The molecule has 1 aromatic rings. The van der Waals surface area contributed by atoms with Crippen LogP contribution >= 0.6 is 24.0 Å². The Morgan fingerprint density at radius 2 is 2.12 bits per heavy atom. The van der Waals surface area contributed by atoms with E-state index in [2.05, 4.69) is 26.6 Å². The summed E-state index contributed by atoms with van der Waals surface area (Å²) in [5.41, 5.74) is 1.09. The molecule has 1 fully saturated rings. The van der Waals surface area contributed by atoms with Gasteiger partial charge in [-0.2, -0.15) is 0 Å². The molecular weight excluding hydrogens is 455 g/mol. The van der Waals surface area contributed by atoms with Gasteiger partial charge in [0.2, 0.25) is 0 Å². The van der Waals surface area contributed by atoms with Gasteiger partial charge in [0.05, 0.1) is 18.6 Å². The third-order valence-electron chi connectivity index (χ3n) is 3.94. The number of aliphatic imine (C=N–C) groups is 1. The first kappa shape index (κ1) is 21.8. The minimum Gasteiger partial charge on any atom is -0.495 e. The van der Waals surface area contributed by atoms with Crippen LogP contribution in [0.25, 0.3) is 0 Å². The molecule has 1 aromatic carbocycles. The van der Waals surface area contributed by atoms with Crippen molar-refractivity contribution in [1.29, 1.82) is 0 Å². The summed E-state index contributed by atoms with van der Waals surface area (Å²) in [7, 11) is 0.387. The van der Waals surface area contributed by atoms with Gasteiger partial charge in [0.15, 0.2) is 5.96 Å². The van der Waals surface area contributed by atoms with Gasteiger partial charge in [0.1, 0.15) is 15.6 Å². The Kier molecular flexibility index (Phi) is 8.77. The average molecular weight is 482 g/mol. The number of nitrogens with one attached hydrogen (secondary N) is 2. The van der Waals surface area contributed by atoms with E-state index >= 15 is 0 Å². The van der Waals surface area contributed by atoms with Crippen LogP contribution in [-0.4, -0.2) is 66.2 Å². The molecule has 1 saturated heterocycles. The standard InChI is InChI=1S/C16H26N4O3S.HI/c1-17-16(18-9-11-24(3,21)22)19-13-8-10-20(12-13)14-6-4-5-7-15(14)23-2;/h4-7,13H,8-12H2,1-3H3,(H2,17,18,19);1H. The number of sulfone groups is 1. The van der Waals surface area contributed by atoms with Gasteiger partial charge in [-0.1, -0.05) is 12.1 Å². The largest absolute Gasteiger partial charge is 0.495 e. The van der Waals surface area contributed by atoms with Crippen LogP contribution in [0, 0.1) is 0 Å². The lowest BCUT2D eigenvalue weighted by Gasteiger charge is -2.22. The van der Waals surface area contributed by atoms with Crippen molar-refractivity contribution in [2.24, 2.45) is 4.99 Å². The lowest BCUT2D eigenvalue weighted by Crippen LogP contribution is -2.45. The van der Waals surface area contributed by atoms with Crippen LogP contribution in [0.2, 0.25) is 0 Å². The van der Waals surface area contributed by atoms with E-state index in [0.717, 1.165) is 30.9 Å². The molecule has 1 heterocycles. The van der Waals surface area contributed by atoms with Crippen LogP contribution in [0.5, 0.6) is 5.75 Å². The molecule has 7 nitrogen and oxygen atoms in total. The Morgan fingerprint density at radius 1 is 1.40 bits per heavy atom. The van der Waals surface area contributed by atoms with Gasteiger partial charge in [0, 0.05) is 39.0 Å². The molecular formula is C16H27IN4O3S. The normalized spacial score (nSPS) is 17.8. The second-order valence-electron chi connectivity index (χ2n) is 5.88. The molecule has 0 amide bonds. The molecule has 0 aromatic heterocycles. The van der Waals surface area contributed by atoms with E-state index in [9.17, 15) is 8.42 Å². The summed E-state index contributed by atoms with van der Waals surface area (Å²) in [6.45, 7) is 2.12. The van der Waals surface area contributed by atoms with Crippen molar-refractivity contribution in [3.8, 4) is 5.75 Å². The average Bonchev–Trinajstić information content (AvgIpc) is 3.01. The van der Waals surface area contributed by atoms with Gasteiger partial charge < -0.3 is 20.3 Å². The summed E-state index contributed by atoms with van der Waals surface area (Å²) in [5.74, 6) is 1.59. The molecule has 0 bridgehead atoms. The quantitative estimate of drug-likeness (QED) is 0.359. The van der Waals surface area contributed by atoms with Gasteiger partial charge >= 0.3 is 0 Å². The second kappa shape index (κ2) is 10.0. The zero-order chi connectivity index (χ0) is 17.6. The van der Waals surface area contributed by atoms with E-state index in [0.29, 0.717) is 12.5 Å². The minimum absolute atomic E-state index is 0. The van der Waals surface area contributed by atoms with Crippen molar-refractivity contribution in [3.05, 3.63) is 24.3 Å². The number of hydrogen-bond donors (Lipinski definition) is 2. The highest BCUT2D eigenvalue weighted by atomic mass is 127. The van der Waals surface area contributed by atoms with Gasteiger partial charge in [-0.25, -0.2) is 8.42 Å². The molecule has 0 aliphatic carbocycles. The third kappa shape index (κ3) is 6.89. The molecule has 25 heavy (non-hydrogen) atoms. The van der Waals surface area contributed by atoms with Gasteiger partial charge in [-0.05, 0) is 18.6 Å². The van der Waals surface area contributed by atoms with E-state index in [-0.39, 0.29) is 35.8 Å². The maximum absolute atomic E-state index is 11.2. The van der Waals surface area contributed by atoms with Gasteiger partial charge in [0.25, 0.3) is 0 Å². The van der Waals surface area contributed by atoms with E-state index in [1.54, 1.807) is 14.2 Å². The van der Waals surface area contributed by atoms with Gasteiger partial charge in [-0.3, -0.25) is 4.99 Å². The highest BCUT2D eigenvalue weighted by molar-refractivity contribution is 14.0. The first-order chi connectivity index (χ1) is 11.4. The van der Waals surface area contributed by atoms with Crippen LogP contribution < -0.4 is 20.3 Å². The van der Waals surface area contributed by atoms with Crippen molar-refractivity contribution >= 4 is 45.5 Å². The number of benzene rings is 1. The second-order valence-corrected chi connectivity index (χ2v) is 8.14. The number of ether oxygens (including phenoxy) is 1.